The number of halogens is 1. The maximum atomic E-state index is 5.87. The SMILES string of the molecule is Nc1c(Br)cccc1-c1nnc(N)n1N. The summed E-state index contributed by atoms with van der Waals surface area (Å²) in [5, 5.41) is 7.51. The first-order chi connectivity index (χ1) is 7.11. The van der Waals surface area contributed by atoms with Crippen LogP contribution in [0.4, 0.5) is 11.6 Å². The summed E-state index contributed by atoms with van der Waals surface area (Å²) in [6.45, 7) is 0. The fraction of sp³-hybridized carbons (Fsp3) is 0. The van der Waals surface area contributed by atoms with Crippen molar-refractivity contribution in [1.29, 1.82) is 0 Å². The van der Waals surface area contributed by atoms with Crippen molar-refractivity contribution >= 4 is 27.6 Å². The quantitative estimate of drug-likeness (QED) is 0.518. The molecule has 2 aromatic rings. The summed E-state index contributed by atoms with van der Waals surface area (Å²) < 4.78 is 1.97. The van der Waals surface area contributed by atoms with Crippen molar-refractivity contribution in [2.24, 2.45) is 0 Å². The van der Waals surface area contributed by atoms with Crippen LogP contribution in [0.2, 0.25) is 0 Å². The van der Waals surface area contributed by atoms with E-state index in [0.717, 1.165) is 4.47 Å². The van der Waals surface area contributed by atoms with Gasteiger partial charge in [-0.3, -0.25) is 0 Å². The molecule has 1 aromatic heterocycles. The van der Waals surface area contributed by atoms with Crippen LogP contribution in [0.25, 0.3) is 11.4 Å². The Hall–Kier alpha value is -1.76. The van der Waals surface area contributed by atoms with Gasteiger partial charge in [-0.15, -0.1) is 10.2 Å². The second-order valence-electron chi connectivity index (χ2n) is 2.95. The van der Waals surface area contributed by atoms with Crippen molar-refractivity contribution in [2.75, 3.05) is 17.3 Å². The minimum Gasteiger partial charge on any atom is -0.397 e. The molecule has 0 saturated carbocycles. The smallest absolute Gasteiger partial charge is 0.241 e. The van der Waals surface area contributed by atoms with E-state index in [1.54, 1.807) is 6.07 Å². The van der Waals surface area contributed by atoms with Gasteiger partial charge in [-0.05, 0) is 28.1 Å². The Bertz CT molecular complexity index is 506. The summed E-state index contributed by atoms with van der Waals surface area (Å²) in [7, 11) is 0. The Morgan fingerprint density at radius 1 is 1.20 bits per heavy atom. The van der Waals surface area contributed by atoms with Gasteiger partial charge in [-0.2, -0.15) is 0 Å². The predicted octanol–water partition coefficient (Wildman–Crippen LogP) is 0.586. The first-order valence-corrected chi connectivity index (χ1v) is 4.91. The van der Waals surface area contributed by atoms with Crippen molar-refractivity contribution < 1.29 is 0 Å². The van der Waals surface area contributed by atoms with Crippen LogP contribution in [0, 0.1) is 0 Å². The molecule has 78 valence electrons. The molecule has 7 heteroatoms. The zero-order valence-electron chi connectivity index (χ0n) is 7.68. The normalized spacial score (nSPS) is 10.5. The van der Waals surface area contributed by atoms with Crippen molar-refractivity contribution in [3.05, 3.63) is 22.7 Å². The minimum absolute atomic E-state index is 0.143. The number of aromatic nitrogens is 3. The fourth-order valence-electron chi connectivity index (χ4n) is 1.22. The van der Waals surface area contributed by atoms with E-state index in [-0.39, 0.29) is 5.95 Å². The van der Waals surface area contributed by atoms with Crippen molar-refractivity contribution in [2.45, 2.75) is 0 Å². The van der Waals surface area contributed by atoms with Crippen molar-refractivity contribution in [3.63, 3.8) is 0 Å². The molecule has 0 radical (unpaired) electrons. The topological polar surface area (TPSA) is 109 Å². The zero-order valence-corrected chi connectivity index (χ0v) is 9.27. The number of para-hydroxylation sites is 1. The number of rotatable bonds is 1. The van der Waals surface area contributed by atoms with Gasteiger partial charge in [-0.25, -0.2) is 4.68 Å². The molecule has 2 rings (SSSR count). The highest BCUT2D eigenvalue weighted by molar-refractivity contribution is 9.10. The molecular formula is C8H9BrN6. The molecule has 0 saturated heterocycles. The maximum absolute atomic E-state index is 5.87. The monoisotopic (exact) mass is 268 g/mol. The maximum Gasteiger partial charge on any atom is 0.241 e. The second-order valence-corrected chi connectivity index (χ2v) is 3.81. The molecule has 1 heterocycles. The van der Waals surface area contributed by atoms with Gasteiger partial charge >= 0.3 is 0 Å². The van der Waals surface area contributed by atoms with E-state index in [2.05, 4.69) is 26.1 Å². The van der Waals surface area contributed by atoms with Gasteiger partial charge in [0.15, 0.2) is 5.82 Å². The highest BCUT2D eigenvalue weighted by Crippen LogP contribution is 2.30. The minimum atomic E-state index is 0.143. The average molecular weight is 269 g/mol. The molecule has 0 bridgehead atoms. The number of hydrogen-bond acceptors (Lipinski definition) is 5. The Labute approximate surface area is 94.2 Å². The summed E-state index contributed by atoms with van der Waals surface area (Å²) >= 11 is 3.32. The molecule has 0 amide bonds. The molecule has 6 N–H and O–H groups in total. The van der Waals surface area contributed by atoms with Gasteiger partial charge in [0.1, 0.15) is 0 Å². The Morgan fingerprint density at radius 3 is 2.53 bits per heavy atom. The molecule has 6 nitrogen and oxygen atoms in total. The molecule has 0 aliphatic heterocycles. The largest absolute Gasteiger partial charge is 0.397 e. The number of nitrogens with two attached hydrogens (primary N) is 3. The third kappa shape index (κ3) is 1.50. The molecule has 15 heavy (non-hydrogen) atoms. The van der Waals surface area contributed by atoms with E-state index in [4.69, 9.17) is 17.3 Å². The lowest BCUT2D eigenvalue weighted by Gasteiger charge is -2.06. The van der Waals surface area contributed by atoms with Crippen LogP contribution in [0.5, 0.6) is 0 Å². The van der Waals surface area contributed by atoms with Crippen molar-refractivity contribution in [1.82, 2.24) is 14.9 Å². The number of hydrogen-bond donors (Lipinski definition) is 3. The van der Waals surface area contributed by atoms with Gasteiger partial charge in [0.25, 0.3) is 0 Å². The summed E-state index contributed by atoms with van der Waals surface area (Å²) in [6, 6.07) is 5.47. The Balaban J connectivity index is 2.64. The molecule has 0 fully saturated rings. The number of benzene rings is 1. The number of nitrogens with zero attached hydrogens (tertiary/aromatic N) is 3. The number of anilines is 2. The highest BCUT2D eigenvalue weighted by atomic mass is 79.9. The van der Waals surface area contributed by atoms with Crippen LogP contribution >= 0.6 is 15.9 Å². The van der Waals surface area contributed by atoms with Crippen LogP contribution in [-0.4, -0.2) is 14.9 Å². The van der Waals surface area contributed by atoms with E-state index in [1.807, 2.05) is 12.1 Å². The highest BCUT2D eigenvalue weighted by Gasteiger charge is 2.13. The summed E-state index contributed by atoms with van der Waals surface area (Å²) in [4.78, 5) is 0. The van der Waals surface area contributed by atoms with Gasteiger partial charge in [0.05, 0.1) is 5.69 Å². The van der Waals surface area contributed by atoms with E-state index in [0.29, 0.717) is 17.1 Å². The number of nitrogen functional groups attached to an aromatic ring is 3. The molecule has 0 atom stereocenters. The van der Waals surface area contributed by atoms with Gasteiger partial charge in [0, 0.05) is 10.0 Å². The van der Waals surface area contributed by atoms with E-state index in [1.165, 1.54) is 4.68 Å². The molecule has 0 spiro atoms. The standard InChI is InChI=1S/C8H9BrN6/c9-5-3-1-2-4(6(5)10)7-13-14-8(11)15(7)12/h1-3H,10,12H2,(H2,11,14). The van der Waals surface area contributed by atoms with Gasteiger partial charge in [0.2, 0.25) is 5.95 Å². The third-order valence-corrected chi connectivity index (χ3v) is 2.71. The van der Waals surface area contributed by atoms with E-state index < -0.39 is 0 Å². The fourth-order valence-corrected chi connectivity index (χ4v) is 1.59. The van der Waals surface area contributed by atoms with Crippen molar-refractivity contribution in [3.8, 4) is 11.4 Å². The van der Waals surface area contributed by atoms with Crippen LogP contribution in [0.1, 0.15) is 0 Å². The second kappa shape index (κ2) is 3.43. The van der Waals surface area contributed by atoms with Crippen LogP contribution in [-0.2, 0) is 0 Å². The molecule has 0 unspecified atom stereocenters. The van der Waals surface area contributed by atoms with E-state index in [9.17, 15) is 0 Å². The Kier molecular flexibility index (Phi) is 2.24. The third-order valence-electron chi connectivity index (χ3n) is 2.02. The molecule has 0 aliphatic carbocycles. The Morgan fingerprint density at radius 2 is 1.93 bits per heavy atom. The van der Waals surface area contributed by atoms with Gasteiger partial charge < -0.3 is 17.3 Å². The molecule has 1 aromatic carbocycles. The van der Waals surface area contributed by atoms with Gasteiger partial charge in [-0.1, -0.05) is 6.07 Å². The van der Waals surface area contributed by atoms with E-state index >= 15 is 0 Å². The molecule has 0 aliphatic rings. The van der Waals surface area contributed by atoms with Crippen LogP contribution in [0.3, 0.4) is 0 Å². The summed E-state index contributed by atoms with van der Waals surface area (Å²) in [6.07, 6.45) is 0. The predicted molar refractivity (Wildman–Crippen MR) is 62.1 cm³/mol. The zero-order chi connectivity index (χ0) is 11.0. The molecular weight excluding hydrogens is 260 g/mol. The lowest BCUT2D eigenvalue weighted by molar-refractivity contribution is 1.02. The lowest BCUT2D eigenvalue weighted by Crippen LogP contribution is -2.13. The summed E-state index contributed by atoms with van der Waals surface area (Å²) in [5.74, 6) is 6.23. The average Bonchev–Trinajstić information content (AvgIpc) is 2.53. The summed E-state index contributed by atoms with van der Waals surface area (Å²) in [5.41, 5.74) is 12.6. The van der Waals surface area contributed by atoms with Crippen LogP contribution in [0.15, 0.2) is 22.7 Å². The lowest BCUT2D eigenvalue weighted by atomic mass is 10.2. The van der Waals surface area contributed by atoms with Crippen LogP contribution < -0.4 is 17.3 Å². The first kappa shape index (κ1) is 9.78. The first-order valence-electron chi connectivity index (χ1n) is 4.11.